The number of hydrogen-bond donors (Lipinski definition) is 2. The topological polar surface area (TPSA) is 41.5 Å². The maximum atomic E-state index is 10.0. The number of phenols is 1. The van der Waals surface area contributed by atoms with E-state index >= 15 is 0 Å². The van der Waals surface area contributed by atoms with Crippen molar-refractivity contribution in [1.29, 1.82) is 0 Å². The Labute approximate surface area is 120 Å². The zero-order valence-electron chi connectivity index (χ0n) is 12.2. The number of para-hydroxylation sites is 1. The molecule has 0 aliphatic rings. The number of methoxy groups -OCH3 is 1. The predicted octanol–water partition coefficient (Wildman–Crippen LogP) is 4.14. The third-order valence-electron chi connectivity index (χ3n) is 3.47. The van der Waals surface area contributed by atoms with Gasteiger partial charge in [-0.1, -0.05) is 25.1 Å². The first kappa shape index (κ1) is 14.3. The first-order valence-corrected chi connectivity index (χ1v) is 6.87. The van der Waals surface area contributed by atoms with E-state index in [9.17, 15) is 5.11 Å². The molecule has 1 atom stereocenters. The number of anilines is 1. The molecule has 2 aromatic carbocycles. The van der Waals surface area contributed by atoms with E-state index in [1.54, 1.807) is 19.2 Å². The van der Waals surface area contributed by atoms with Crippen molar-refractivity contribution in [2.24, 2.45) is 0 Å². The van der Waals surface area contributed by atoms with Crippen LogP contribution in [0.15, 0.2) is 42.5 Å². The summed E-state index contributed by atoms with van der Waals surface area (Å²) < 4.78 is 5.22. The van der Waals surface area contributed by atoms with Gasteiger partial charge in [-0.15, -0.1) is 0 Å². The molecule has 2 rings (SSSR count). The third kappa shape index (κ3) is 3.05. The van der Waals surface area contributed by atoms with Crippen LogP contribution in [0.2, 0.25) is 0 Å². The molecule has 0 fully saturated rings. The van der Waals surface area contributed by atoms with Crippen LogP contribution in [0, 0.1) is 0 Å². The maximum absolute atomic E-state index is 10.0. The summed E-state index contributed by atoms with van der Waals surface area (Å²) in [6.07, 6.45) is 0.972. The maximum Gasteiger partial charge on any atom is 0.121 e. The van der Waals surface area contributed by atoms with Gasteiger partial charge in [-0.25, -0.2) is 0 Å². The molecule has 0 heterocycles. The Morgan fingerprint density at radius 3 is 2.65 bits per heavy atom. The van der Waals surface area contributed by atoms with Crippen LogP contribution >= 0.6 is 0 Å². The first-order chi connectivity index (χ1) is 9.65. The van der Waals surface area contributed by atoms with Crippen molar-refractivity contribution in [2.45, 2.75) is 26.3 Å². The van der Waals surface area contributed by atoms with E-state index in [0.29, 0.717) is 0 Å². The highest BCUT2D eigenvalue weighted by Gasteiger charge is 2.12. The monoisotopic (exact) mass is 271 g/mol. The second kappa shape index (κ2) is 6.33. The standard InChI is InChI=1S/C17H21NO2/c1-4-13-7-5-6-8-16(13)18-12(2)15-11-14(20-3)9-10-17(15)19/h5-12,18-19H,4H2,1-3H3. The molecule has 0 aromatic heterocycles. The smallest absolute Gasteiger partial charge is 0.121 e. The van der Waals surface area contributed by atoms with Gasteiger partial charge in [0.05, 0.1) is 13.2 Å². The average Bonchev–Trinajstić information content (AvgIpc) is 2.48. The molecule has 106 valence electrons. The number of nitrogens with one attached hydrogen (secondary N) is 1. The van der Waals surface area contributed by atoms with Crippen LogP contribution in [-0.4, -0.2) is 12.2 Å². The largest absolute Gasteiger partial charge is 0.508 e. The number of aryl methyl sites for hydroxylation is 1. The number of ether oxygens (including phenoxy) is 1. The van der Waals surface area contributed by atoms with Gasteiger partial charge >= 0.3 is 0 Å². The quantitative estimate of drug-likeness (QED) is 0.859. The van der Waals surface area contributed by atoms with E-state index in [4.69, 9.17) is 4.74 Å². The molecule has 0 saturated heterocycles. The Balaban J connectivity index is 2.25. The molecule has 3 nitrogen and oxygen atoms in total. The molecule has 2 N–H and O–H groups in total. The van der Waals surface area contributed by atoms with Crippen LogP contribution in [0.25, 0.3) is 0 Å². The van der Waals surface area contributed by atoms with Crippen LogP contribution < -0.4 is 10.1 Å². The van der Waals surface area contributed by atoms with Crippen LogP contribution in [0.3, 0.4) is 0 Å². The fourth-order valence-electron chi connectivity index (χ4n) is 2.29. The van der Waals surface area contributed by atoms with Crippen molar-refractivity contribution >= 4 is 5.69 Å². The lowest BCUT2D eigenvalue weighted by Gasteiger charge is -2.19. The normalized spacial score (nSPS) is 11.9. The average molecular weight is 271 g/mol. The van der Waals surface area contributed by atoms with E-state index in [1.807, 2.05) is 25.1 Å². The Morgan fingerprint density at radius 2 is 1.95 bits per heavy atom. The van der Waals surface area contributed by atoms with Crippen molar-refractivity contribution in [3.05, 3.63) is 53.6 Å². The van der Waals surface area contributed by atoms with Gasteiger partial charge in [0, 0.05) is 11.3 Å². The van der Waals surface area contributed by atoms with Crippen molar-refractivity contribution in [3.63, 3.8) is 0 Å². The molecule has 0 aliphatic carbocycles. The molecule has 0 bridgehead atoms. The Bertz CT molecular complexity index is 581. The molecule has 0 amide bonds. The van der Waals surface area contributed by atoms with Crippen LogP contribution in [-0.2, 0) is 6.42 Å². The van der Waals surface area contributed by atoms with Gasteiger partial charge in [-0.3, -0.25) is 0 Å². The lowest BCUT2D eigenvalue weighted by molar-refractivity contribution is 0.410. The van der Waals surface area contributed by atoms with Crippen molar-refractivity contribution in [1.82, 2.24) is 0 Å². The minimum absolute atomic E-state index is 0.00204. The van der Waals surface area contributed by atoms with E-state index in [1.165, 1.54) is 5.56 Å². The number of rotatable bonds is 5. The Morgan fingerprint density at radius 1 is 1.20 bits per heavy atom. The van der Waals surface area contributed by atoms with Crippen LogP contribution in [0.5, 0.6) is 11.5 Å². The zero-order valence-corrected chi connectivity index (χ0v) is 12.2. The fourth-order valence-corrected chi connectivity index (χ4v) is 2.29. The molecule has 0 saturated carbocycles. The highest BCUT2D eigenvalue weighted by molar-refractivity contribution is 5.54. The second-order valence-electron chi connectivity index (χ2n) is 4.80. The first-order valence-electron chi connectivity index (χ1n) is 6.87. The number of phenolic OH excluding ortho intramolecular Hbond substituents is 1. The Kier molecular flexibility index (Phi) is 4.51. The van der Waals surface area contributed by atoms with Gasteiger partial charge < -0.3 is 15.2 Å². The van der Waals surface area contributed by atoms with Crippen LogP contribution in [0.1, 0.15) is 31.0 Å². The lowest BCUT2D eigenvalue weighted by atomic mass is 10.0. The van der Waals surface area contributed by atoms with Crippen molar-refractivity contribution in [3.8, 4) is 11.5 Å². The summed E-state index contributed by atoms with van der Waals surface area (Å²) in [5.41, 5.74) is 3.20. The summed E-state index contributed by atoms with van der Waals surface area (Å²) in [4.78, 5) is 0. The van der Waals surface area contributed by atoms with Crippen LogP contribution in [0.4, 0.5) is 5.69 Å². The molecule has 0 aliphatic heterocycles. The molecule has 0 spiro atoms. The highest BCUT2D eigenvalue weighted by atomic mass is 16.5. The molecule has 3 heteroatoms. The molecule has 1 unspecified atom stereocenters. The van der Waals surface area contributed by atoms with Gasteiger partial charge in [-0.05, 0) is 43.2 Å². The predicted molar refractivity (Wildman–Crippen MR) is 82.5 cm³/mol. The van der Waals surface area contributed by atoms with Gasteiger partial charge in [0.15, 0.2) is 0 Å². The summed E-state index contributed by atoms with van der Waals surface area (Å²) >= 11 is 0. The number of aromatic hydroxyl groups is 1. The summed E-state index contributed by atoms with van der Waals surface area (Å²) in [6, 6.07) is 13.5. The molecule has 0 radical (unpaired) electrons. The third-order valence-corrected chi connectivity index (χ3v) is 3.47. The minimum Gasteiger partial charge on any atom is -0.508 e. The van der Waals surface area contributed by atoms with Gasteiger partial charge in [0.25, 0.3) is 0 Å². The van der Waals surface area contributed by atoms with Gasteiger partial charge in [-0.2, -0.15) is 0 Å². The minimum atomic E-state index is -0.00204. The Hall–Kier alpha value is -2.16. The fraction of sp³-hybridized carbons (Fsp3) is 0.294. The SMILES string of the molecule is CCc1ccccc1NC(C)c1cc(OC)ccc1O. The number of benzene rings is 2. The van der Waals surface area contributed by atoms with Crippen molar-refractivity contribution in [2.75, 3.05) is 12.4 Å². The molecular formula is C17H21NO2. The van der Waals surface area contributed by atoms with E-state index < -0.39 is 0 Å². The van der Waals surface area contributed by atoms with E-state index in [2.05, 4.69) is 24.4 Å². The zero-order chi connectivity index (χ0) is 14.5. The summed E-state index contributed by atoms with van der Waals surface area (Å²) in [5, 5.41) is 13.5. The van der Waals surface area contributed by atoms with E-state index in [-0.39, 0.29) is 11.8 Å². The molecule has 20 heavy (non-hydrogen) atoms. The second-order valence-corrected chi connectivity index (χ2v) is 4.80. The number of hydrogen-bond acceptors (Lipinski definition) is 3. The summed E-state index contributed by atoms with van der Waals surface area (Å²) in [5.74, 6) is 1.02. The highest BCUT2D eigenvalue weighted by Crippen LogP contribution is 2.31. The molecular weight excluding hydrogens is 250 g/mol. The summed E-state index contributed by atoms with van der Waals surface area (Å²) in [6.45, 7) is 4.16. The molecule has 2 aromatic rings. The lowest BCUT2D eigenvalue weighted by Crippen LogP contribution is -2.08. The van der Waals surface area contributed by atoms with E-state index in [0.717, 1.165) is 23.4 Å². The van der Waals surface area contributed by atoms with Gasteiger partial charge in [0.2, 0.25) is 0 Å². The van der Waals surface area contributed by atoms with Crippen molar-refractivity contribution < 1.29 is 9.84 Å². The van der Waals surface area contributed by atoms with Gasteiger partial charge in [0.1, 0.15) is 11.5 Å². The summed E-state index contributed by atoms with van der Waals surface area (Å²) in [7, 11) is 1.63.